The molecule has 0 radical (unpaired) electrons. The highest BCUT2D eigenvalue weighted by Crippen LogP contribution is 2.25. The molecule has 0 aliphatic rings. The third kappa shape index (κ3) is 2.70. The van der Waals surface area contributed by atoms with Gasteiger partial charge in [0.05, 0.1) is 11.7 Å². The van der Waals surface area contributed by atoms with Gasteiger partial charge in [0.25, 0.3) is 0 Å². The Morgan fingerprint density at radius 3 is 2.21 bits per heavy atom. The minimum atomic E-state index is -1.55. The Labute approximate surface area is 107 Å². The van der Waals surface area contributed by atoms with E-state index in [-0.39, 0.29) is 5.69 Å². The minimum absolute atomic E-state index is 0.213. The third-order valence-electron chi connectivity index (χ3n) is 2.78. The van der Waals surface area contributed by atoms with E-state index in [0.29, 0.717) is 5.56 Å². The SMILES string of the molecule is CC(Nc1ccc(F)c(F)c1F)c1ccccc1F. The number of anilines is 1. The van der Waals surface area contributed by atoms with Crippen LogP contribution in [0.15, 0.2) is 36.4 Å². The standard InChI is InChI=1S/C14H11F4N/c1-8(9-4-2-3-5-10(9)15)19-12-7-6-11(16)13(17)14(12)18/h2-8,19H,1H3. The van der Waals surface area contributed by atoms with Gasteiger partial charge in [0, 0.05) is 5.56 Å². The summed E-state index contributed by atoms with van der Waals surface area (Å²) in [6, 6.07) is 7.28. The van der Waals surface area contributed by atoms with Gasteiger partial charge < -0.3 is 5.32 Å². The monoisotopic (exact) mass is 269 g/mol. The van der Waals surface area contributed by atoms with Crippen molar-refractivity contribution >= 4 is 5.69 Å². The lowest BCUT2D eigenvalue weighted by atomic mass is 10.1. The molecule has 2 rings (SSSR count). The number of halogens is 4. The number of benzene rings is 2. The molecule has 2 aromatic carbocycles. The second-order valence-corrected chi connectivity index (χ2v) is 4.11. The highest BCUT2D eigenvalue weighted by molar-refractivity contribution is 5.47. The van der Waals surface area contributed by atoms with Crippen molar-refractivity contribution in [1.82, 2.24) is 0 Å². The Hall–Kier alpha value is -2.04. The second kappa shape index (κ2) is 5.30. The molecule has 0 aromatic heterocycles. The van der Waals surface area contributed by atoms with Crippen molar-refractivity contribution in [3.05, 3.63) is 65.2 Å². The third-order valence-corrected chi connectivity index (χ3v) is 2.78. The lowest BCUT2D eigenvalue weighted by molar-refractivity contribution is 0.448. The van der Waals surface area contributed by atoms with Gasteiger partial charge in [-0.3, -0.25) is 0 Å². The van der Waals surface area contributed by atoms with Crippen LogP contribution >= 0.6 is 0 Å². The summed E-state index contributed by atoms with van der Waals surface area (Å²) in [5.41, 5.74) is 0.0984. The van der Waals surface area contributed by atoms with Gasteiger partial charge in [-0.25, -0.2) is 17.6 Å². The van der Waals surface area contributed by atoms with Gasteiger partial charge in [-0.15, -0.1) is 0 Å². The largest absolute Gasteiger partial charge is 0.376 e. The first-order valence-corrected chi connectivity index (χ1v) is 5.65. The summed E-state index contributed by atoms with van der Waals surface area (Å²) >= 11 is 0. The van der Waals surface area contributed by atoms with Crippen LogP contribution in [0.4, 0.5) is 23.2 Å². The van der Waals surface area contributed by atoms with Gasteiger partial charge in [0.1, 0.15) is 5.82 Å². The number of hydrogen-bond donors (Lipinski definition) is 1. The van der Waals surface area contributed by atoms with Crippen LogP contribution in [0.1, 0.15) is 18.5 Å². The quantitative estimate of drug-likeness (QED) is 0.642. The molecule has 0 aliphatic heterocycles. The van der Waals surface area contributed by atoms with Gasteiger partial charge in [-0.1, -0.05) is 18.2 Å². The van der Waals surface area contributed by atoms with Crippen LogP contribution in [-0.2, 0) is 0 Å². The molecule has 0 bridgehead atoms. The lowest BCUT2D eigenvalue weighted by Gasteiger charge is -2.17. The lowest BCUT2D eigenvalue weighted by Crippen LogP contribution is -2.10. The van der Waals surface area contributed by atoms with Crippen molar-refractivity contribution in [3.8, 4) is 0 Å². The topological polar surface area (TPSA) is 12.0 Å². The van der Waals surface area contributed by atoms with Crippen molar-refractivity contribution in [2.45, 2.75) is 13.0 Å². The van der Waals surface area contributed by atoms with E-state index in [9.17, 15) is 17.6 Å². The second-order valence-electron chi connectivity index (χ2n) is 4.11. The van der Waals surface area contributed by atoms with Gasteiger partial charge in [0.2, 0.25) is 0 Å². The summed E-state index contributed by atoms with van der Waals surface area (Å²) in [4.78, 5) is 0. The normalized spacial score (nSPS) is 12.3. The van der Waals surface area contributed by atoms with Gasteiger partial charge in [-0.2, -0.15) is 0 Å². The van der Waals surface area contributed by atoms with E-state index in [2.05, 4.69) is 5.32 Å². The average molecular weight is 269 g/mol. The van der Waals surface area contributed by atoms with E-state index < -0.39 is 29.3 Å². The van der Waals surface area contributed by atoms with Crippen LogP contribution in [0.3, 0.4) is 0 Å². The number of rotatable bonds is 3. The molecule has 0 fully saturated rings. The Balaban J connectivity index is 2.27. The van der Waals surface area contributed by atoms with E-state index in [1.165, 1.54) is 18.2 Å². The maximum Gasteiger partial charge on any atom is 0.196 e. The molecular weight excluding hydrogens is 258 g/mol. The Bertz CT molecular complexity index is 598. The summed E-state index contributed by atoms with van der Waals surface area (Å²) < 4.78 is 52.8. The molecule has 2 aromatic rings. The molecule has 1 nitrogen and oxygen atoms in total. The molecule has 0 saturated carbocycles. The predicted molar refractivity (Wildman–Crippen MR) is 64.8 cm³/mol. The van der Waals surface area contributed by atoms with Crippen LogP contribution in [0.5, 0.6) is 0 Å². The number of hydrogen-bond acceptors (Lipinski definition) is 1. The first-order chi connectivity index (χ1) is 9.00. The molecule has 1 unspecified atom stereocenters. The van der Waals surface area contributed by atoms with Crippen LogP contribution in [0.25, 0.3) is 0 Å². The zero-order chi connectivity index (χ0) is 14.0. The van der Waals surface area contributed by atoms with Crippen molar-refractivity contribution in [1.29, 1.82) is 0 Å². The fourth-order valence-electron chi connectivity index (χ4n) is 1.77. The smallest absolute Gasteiger partial charge is 0.196 e. The van der Waals surface area contributed by atoms with Gasteiger partial charge in [-0.05, 0) is 25.1 Å². The summed E-state index contributed by atoms with van der Waals surface area (Å²) in [6.07, 6.45) is 0. The molecule has 100 valence electrons. The van der Waals surface area contributed by atoms with Crippen LogP contribution in [-0.4, -0.2) is 0 Å². The zero-order valence-electron chi connectivity index (χ0n) is 10.1. The Morgan fingerprint density at radius 2 is 1.53 bits per heavy atom. The summed E-state index contributed by atoms with van der Waals surface area (Å²) in [5.74, 6) is -4.58. The zero-order valence-corrected chi connectivity index (χ0v) is 10.1. The maximum atomic E-state index is 13.5. The molecular formula is C14H11F4N. The molecule has 19 heavy (non-hydrogen) atoms. The van der Waals surface area contributed by atoms with Crippen molar-refractivity contribution < 1.29 is 17.6 Å². The van der Waals surface area contributed by atoms with E-state index >= 15 is 0 Å². The maximum absolute atomic E-state index is 13.5. The molecule has 5 heteroatoms. The van der Waals surface area contributed by atoms with Crippen molar-refractivity contribution in [3.63, 3.8) is 0 Å². The highest BCUT2D eigenvalue weighted by Gasteiger charge is 2.16. The predicted octanol–water partition coefficient (Wildman–Crippen LogP) is 4.42. The van der Waals surface area contributed by atoms with Crippen LogP contribution in [0, 0.1) is 23.3 Å². The molecule has 0 aliphatic carbocycles. The summed E-state index contributed by atoms with van der Waals surface area (Å²) in [5, 5.41) is 2.61. The van der Waals surface area contributed by atoms with E-state index in [1.807, 2.05) is 0 Å². The Morgan fingerprint density at radius 1 is 0.842 bits per heavy atom. The molecule has 1 atom stereocenters. The average Bonchev–Trinajstić information content (AvgIpc) is 2.40. The molecule has 0 amide bonds. The fraction of sp³-hybridized carbons (Fsp3) is 0.143. The minimum Gasteiger partial charge on any atom is -0.376 e. The van der Waals surface area contributed by atoms with Crippen molar-refractivity contribution in [2.75, 3.05) is 5.32 Å². The Kier molecular flexibility index (Phi) is 3.74. The van der Waals surface area contributed by atoms with Crippen LogP contribution < -0.4 is 5.32 Å². The number of nitrogens with one attached hydrogen (secondary N) is 1. The van der Waals surface area contributed by atoms with E-state index in [0.717, 1.165) is 12.1 Å². The first-order valence-electron chi connectivity index (χ1n) is 5.65. The molecule has 0 heterocycles. The first kappa shape index (κ1) is 13.4. The molecule has 1 N–H and O–H groups in total. The van der Waals surface area contributed by atoms with Gasteiger partial charge >= 0.3 is 0 Å². The fourth-order valence-corrected chi connectivity index (χ4v) is 1.77. The summed E-state index contributed by atoms with van der Waals surface area (Å²) in [7, 11) is 0. The highest BCUT2D eigenvalue weighted by atomic mass is 19.2. The summed E-state index contributed by atoms with van der Waals surface area (Å²) in [6.45, 7) is 1.60. The molecule has 0 saturated heterocycles. The van der Waals surface area contributed by atoms with Gasteiger partial charge in [0.15, 0.2) is 17.5 Å². The van der Waals surface area contributed by atoms with Crippen molar-refractivity contribution in [2.24, 2.45) is 0 Å². The van der Waals surface area contributed by atoms with E-state index in [4.69, 9.17) is 0 Å². The molecule has 0 spiro atoms. The van der Waals surface area contributed by atoms with Crippen LogP contribution in [0.2, 0.25) is 0 Å². The van der Waals surface area contributed by atoms with E-state index in [1.54, 1.807) is 13.0 Å².